The highest BCUT2D eigenvalue weighted by molar-refractivity contribution is 6.37. The van der Waals surface area contributed by atoms with Crippen molar-refractivity contribution in [1.82, 2.24) is 30.0 Å². The maximum absolute atomic E-state index is 13.2. The number of para-hydroxylation sites is 1. The van der Waals surface area contributed by atoms with Crippen molar-refractivity contribution < 1.29 is 9.59 Å². The van der Waals surface area contributed by atoms with Gasteiger partial charge in [0.1, 0.15) is 5.69 Å². The summed E-state index contributed by atoms with van der Waals surface area (Å²) in [5, 5.41) is 10.8. The van der Waals surface area contributed by atoms with Gasteiger partial charge in [0, 0.05) is 26.1 Å². The fourth-order valence-corrected chi connectivity index (χ4v) is 4.22. The first kappa shape index (κ1) is 22.3. The van der Waals surface area contributed by atoms with Crippen LogP contribution < -0.4 is 11.0 Å². The molecular formula is C19H24Cl2N6O3. The minimum atomic E-state index is -0.738. The normalized spacial score (nSPS) is 14.5. The zero-order valence-electron chi connectivity index (χ0n) is 16.7. The highest BCUT2D eigenvalue weighted by Crippen LogP contribution is 2.26. The van der Waals surface area contributed by atoms with Gasteiger partial charge in [0.05, 0.1) is 10.0 Å². The summed E-state index contributed by atoms with van der Waals surface area (Å²) >= 11 is 12.3. The average molecular weight is 455 g/mol. The van der Waals surface area contributed by atoms with Crippen molar-refractivity contribution in [3.63, 3.8) is 0 Å². The van der Waals surface area contributed by atoms with Crippen molar-refractivity contribution in [3.05, 3.63) is 38.7 Å². The van der Waals surface area contributed by atoms with E-state index in [4.69, 9.17) is 23.2 Å². The Labute approximate surface area is 183 Å². The molecular weight excluding hydrogens is 431 g/mol. The fourth-order valence-electron chi connectivity index (χ4n) is 3.66. The molecule has 1 fully saturated rings. The van der Waals surface area contributed by atoms with E-state index in [9.17, 15) is 14.4 Å². The van der Waals surface area contributed by atoms with E-state index in [0.717, 1.165) is 41.5 Å². The van der Waals surface area contributed by atoms with Crippen molar-refractivity contribution in [2.24, 2.45) is 0 Å². The van der Waals surface area contributed by atoms with Crippen LogP contribution in [0.5, 0.6) is 0 Å². The molecule has 30 heavy (non-hydrogen) atoms. The van der Waals surface area contributed by atoms with Gasteiger partial charge in [-0.1, -0.05) is 48.5 Å². The molecule has 2 aromatic rings. The van der Waals surface area contributed by atoms with Crippen LogP contribution in [-0.4, -0.2) is 55.8 Å². The van der Waals surface area contributed by atoms with Gasteiger partial charge in [-0.3, -0.25) is 4.79 Å². The van der Waals surface area contributed by atoms with Gasteiger partial charge in [-0.15, -0.1) is 4.68 Å². The fraction of sp³-hybridized carbons (Fsp3) is 0.526. The maximum Gasteiger partial charge on any atom is 0.377 e. The molecule has 0 atom stereocenters. The van der Waals surface area contributed by atoms with Crippen molar-refractivity contribution in [2.45, 2.75) is 51.5 Å². The number of tetrazole rings is 1. The van der Waals surface area contributed by atoms with E-state index in [1.807, 2.05) is 0 Å². The summed E-state index contributed by atoms with van der Waals surface area (Å²) in [4.78, 5) is 38.9. The molecule has 1 saturated carbocycles. The number of carbonyl (C=O) groups excluding carboxylic acids is 2. The Kier molecular flexibility index (Phi) is 7.49. The van der Waals surface area contributed by atoms with Crippen molar-refractivity contribution in [2.75, 3.05) is 13.1 Å². The molecule has 1 aromatic carbocycles. The minimum absolute atomic E-state index is 0.0181. The number of nitrogens with one attached hydrogen (secondary N) is 1. The molecule has 1 aromatic heterocycles. The lowest BCUT2D eigenvalue weighted by atomic mass is 9.94. The Morgan fingerprint density at radius 3 is 2.47 bits per heavy atom. The van der Waals surface area contributed by atoms with Crippen LogP contribution in [0.3, 0.4) is 0 Å². The Morgan fingerprint density at radius 1 is 1.17 bits per heavy atom. The maximum atomic E-state index is 13.2. The third kappa shape index (κ3) is 5.02. The number of halogens is 2. The van der Waals surface area contributed by atoms with Crippen LogP contribution in [0, 0.1) is 0 Å². The van der Waals surface area contributed by atoms with Crippen LogP contribution in [-0.2, 0) is 4.79 Å². The number of rotatable bonds is 6. The monoisotopic (exact) mass is 454 g/mol. The van der Waals surface area contributed by atoms with Crippen LogP contribution in [0.2, 0.25) is 10.0 Å². The third-order valence-corrected chi connectivity index (χ3v) is 5.73. The van der Waals surface area contributed by atoms with Crippen LogP contribution in [0.1, 0.15) is 45.4 Å². The average Bonchev–Trinajstić information content (AvgIpc) is 3.09. The summed E-state index contributed by atoms with van der Waals surface area (Å²) in [6.07, 6.45) is 5.48. The predicted octanol–water partition coefficient (Wildman–Crippen LogP) is 2.86. The molecule has 9 nitrogen and oxygen atoms in total. The molecule has 0 spiro atoms. The smallest absolute Gasteiger partial charge is 0.356 e. The molecule has 0 aliphatic heterocycles. The van der Waals surface area contributed by atoms with E-state index in [-0.39, 0.29) is 27.7 Å². The summed E-state index contributed by atoms with van der Waals surface area (Å²) in [6.45, 7) is 2.29. The van der Waals surface area contributed by atoms with Gasteiger partial charge < -0.3 is 10.2 Å². The number of amides is 2. The Bertz CT molecular complexity index is 947. The van der Waals surface area contributed by atoms with Crippen LogP contribution >= 0.6 is 23.2 Å². The molecule has 11 heteroatoms. The summed E-state index contributed by atoms with van der Waals surface area (Å²) < 4.78 is 1.67. The number of hydrogen-bond acceptors (Lipinski definition) is 5. The minimum Gasteiger partial charge on any atom is -0.356 e. The van der Waals surface area contributed by atoms with E-state index in [1.54, 1.807) is 23.1 Å². The number of hydrogen-bond donors (Lipinski definition) is 1. The first-order chi connectivity index (χ1) is 14.4. The Hall–Kier alpha value is -2.39. The van der Waals surface area contributed by atoms with Gasteiger partial charge in [0.25, 0.3) is 0 Å². The van der Waals surface area contributed by atoms with E-state index in [0.29, 0.717) is 19.5 Å². The zero-order valence-corrected chi connectivity index (χ0v) is 18.2. The molecule has 0 radical (unpaired) electrons. The molecule has 162 valence electrons. The lowest BCUT2D eigenvalue weighted by Crippen LogP contribution is -2.48. The van der Waals surface area contributed by atoms with Crippen LogP contribution in [0.25, 0.3) is 5.69 Å². The van der Waals surface area contributed by atoms with E-state index < -0.39 is 11.7 Å². The summed E-state index contributed by atoms with van der Waals surface area (Å²) in [5.41, 5.74) is -0.558. The van der Waals surface area contributed by atoms with Crippen molar-refractivity contribution in [3.8, 4) is 5.69 Å². The highest BCUT2D eigenvalue weighted by Gasteiger charge is 2.29. The van der Waals surface area contributed by atoms with Gasteiger partial charge in [0.2, 0.25) is 5.91 Å². The quantitative estimate of drug-likeness (QED) is 0.533. The van der Waals surface area contributed by atoms with Gasteiger partial charge in [0.15, 0.2) is 0 Å². The SMILES string of the molecule is CC(=O)NCCCN(C(=O)n1nnn(-c2c(Cl)cccc2Cl)c1=O)C1CCCCC1. The second kappa shape index (κ2) is 10.1. The van der Waals surface area contributed by atoms with Gasteiger partial charge in [-0.25, -0.2) is 9.59 Å². The number of benzene rings is 1. The lowest BCUT2D eigenvalue weighted by Gasteiger charge is -2.33. The summed E-state index contributed by atoms with van der Waals surface area (Å²) in [6, 6.07) is 4.28. The van der Waals surface area contributed by atoms with Crippen molar-refractivity contribution >= 4 is 35.1 Å². The number of carbonyl (C=O) groups is 2. The molecule has 0 bridgehead atoms. The standard InChI is InChI=1S/C19H24Cl2N6O3/c1-13(28)22-11-6-12-25(14-7-3-2-4-8-14)18(29)27-19(30)26(23-24-27)17-15(20)9-5-10-16(17)21/h5,9-10,14H,2-4,6-8,11-12H2,1H3,(H,22,28). The van der Waals surface area contributed by atoms with Gasteiger partial charge >= 0.3 is 11.7 Å². The molecule has 1 aliphatic rings. The molecule has 0 saturated heterocycles. The number of nitrogens with zero attached hydrogens (tertiary/aromatic N) is 5. The first-order valence-corrected chi connectivity index (χ1v) is 10.7. The van der Waals surface area contributed by atoms with Gasteiger partial charge in [-0.05, 0) is 41.8 Å². The zero-order chi connectivity index (χ0) is 21.7. The van der Waals surface area contributed by atoms with E-state index >= 15 is 0 Å². The van der Waals surface area contributed by atoms with E-state index in [1.165, 1.54) is 6.92 Å². The topological polar surface area (TPSA) is 102 Å². The Balaban J connectivity index is 1.86. The summed E-state index contributed by atoms with van der Waals surface area (Å²) in [5.74, 6) is -0.124. The van der Waals surface area contributed by atoms with Crippen molar-refractivity contribution in [1.29, 1.82) is 0 Å². The third-order valence-electron chi connectivity index (χ3n) is 5.12. The highest BCUT2D eigenvalue weighted by atomic mass is 35.5. The number of aromatic nitrogens is 4. The molecule has 0 unspecified atom stereocenters. The predicted molar refractivity (Wildman–Crippen MR) is 113 cm³/mol. The largest absolute Gasteiger partial charge is 0.377 e. The van der Waals surface area contributed by atoms with Gasteiger partial charge in [-0.2, -0.15) is 4.68 Å². The Morgan fingerprint density at radius 2 is 1.83 bits per heavy atom. The first-order valence-electron chi connectivity index (χ1n) is 9.95. The second-order valence-corrected chi connectivity index (χ2v) is 8.07. The molecule has 1 heterocycles. The molecule has 1 N–H and O–H groups in total. The van der Waals surface area contributed by atoms with Crippen LogP contribution in [0.4, 0.5) is 4.79 Å². The summed E-state index contributed by atoms with van der Waals surface area (Å²) in [7, 11) is 0. The molecule has 3 rings (SSSR count). The molecule has 2 amide bonds. The molecule has 1 aliphatic carbocycles. The van der Waals surface area contributed by atoms with E-state index in [2.05, 4.69) is 15.7 Å². The van der Waals surface area contributed by atoms with Crippen LogP contribution in [0.15, 0.2) is 23.0 Å². The lowest BCUT2D eigenvalue weighted by molar-refractivity contribution is -0.118. The second-order valence-electron chi connectivity index (χ2n) is 7.26.